The molecule has 0 aliphatic rings. The summed E-state index contributed by atoms with van der Waals surface area (Å²) in [7, 11) is -4.05. The highest BCUT2D eigenvalue weighted by Crippen LogP contribution is 2.34. The second-order valence-electron chi connectivity index (χ2n) is 7.68. The fraction of sp³-hybridized carbons (Fsp3) is 0.107. The van der Waals surface area contributed by atoms with Gasteiger partial charge in [0.05, 0.1) is 22.9 Å². The van der Waals surface area contributed by atoms with Gasteiger partial charge in [0.2, 0.25) is 5.91 Å². The fourth-order valence-electron chi connectivity index (χ4n) is 3.55. The number of para-hydroxylation sites is 3. The summed E-state index contributed by atoms with van der Waals surface area (Å²) in [5.41, 5.74) is 0.900. The van der Waals surface area contributed by atoms with Crippen LogP contribution in [0.25, 0.3) is 0 Å². The van der Waals surface area contributed by atoms with Crippen molar-refractivity contribution in [3.63, 3.8) is 0 Å². The topological polar surface area (TPSA) is 75.7 Å². The Balaban J connectivity index is 1.65. The first-order chi connectivity index (χ1) is 17.5. The normalized spacial score (nSPS) is 11.0. The Morgan fingerprint density at radius 3 is 2.17 bits per heavy atom. The van der Waals surface area contributed by atoms with E-state index in [-0.39, 0.29) is 4.90 Å². The van der Waals surface area contributed by atoms with E-state index in [0.717, 1.165) is 14.1 Å². The molecule has 4 aromatic rings. The lowest BCUT2D eigenvalue weighted by molar-refractivity contribution is -0.114. The second kappa shape index (κ2) is 11.8. The van der Waals surface area contributed by atoms with E-state index in [9.17, 15) is 13.2 Å². The van der Waals surface area contributed by atoms with Crippen molar-refractivity contribution in [1.29, 1.82) is 0 Å². The highest BCUT2D eigenvalue weighted by molar-refractivity contribution is 7.99. The molecule has 0 saturated carbocycles. The average Bonchev–Trinajstić information content (AvgIpc) is 2.90. The Labute approximate surface area is 216 Å². The molecule has 0 bridgehead atoms. The van der Waals surface area contributed by atoms with Crippen LogP contribution in [0.3, 0.4) is 0 Å². The number of ether oxygens (including phenoxy) is 1. The number of hydrogen-bond acceptors (Lipinski definition) is 5. The van der Waals surface area contributed by atoms with Crippen LogP contribution in [0.2, 0.25) is 0 Å². The lowest BCUT2D eigenvalue weighted by Crippen LogP contribution is -2.38. The zero-order chi connectivity index (χ0) is 25.4. The van der Waals surface area contributed by atoms with Crippen molar-refractivity contribution in [2.75, 3.05) is 22.8 Å². The number of amides is 1. The summed E-state index contributed by atoms with van der Waals surface area (Å²) in [6.07, 6.45) is 0. The van der Waals surface area contributed by atoms with Crippen LogP contribution in [0.1, 0.15) is 6.92 Å². The molecule has 0 aliphatic carbocycles. The standard InChI is InChI=1S/C28H26N2O4S2/c1-2-34-26-19-11-10-18-25(26)30(36(32,33)23-15-7-4-8-16-23)21-28(31)29-24-17-9-12-20-27(24)35-22-13-5-3-6-14-22/h3-20H,2,21H2,1H3,(H,29,31). The number of sulfonamides is 1. The van der Waals surface area contributed by atoms with Crippen LogP contribution >= 0.6 is 11.8 Å². The van der Waals surface area contributed by atoms with Gasteiger partial charge in [0, 0.05) is 9.79 Å². The molecule has 36 heavy (non-hydrogen) atoms. The molecule has 1 amide bonds. The molecular weight excluding hydrogens is 492 g/mol. The van der Waals surface area contributed by atoms with Crippen LogP contribution in [-0.4, -0.2) is 27.5 Å². The molecule has 0 aromatic heterocycles. The molecule has 0 fully saturated rings. The molecule has 1 N–H and O–H groups in total. The van der Waals surface area contributed by atoms with Crippen LogP contribution in [0.4, 0.5) is 11.4 Å². The number of anilines is 2. The van der Waals surface area contributed by atoms with E-state index in [0.29, 0.717) is 23.7 Å². The zero-order valence-corrected chi connectivity index (χ0v) is 21.3. The van der Waals surface area contributed by atoms with Gasteiger partial charge in [-0.3, -0.25) is 9.10 Å². The highest BCUT2D eigenvalue weighted by atomic mass is 32.2. The maximum Gasteiger partial charge on any atom is 0.264 e. The maximum absolute atomic E-state index is 13.7. The highest BCUT2D eigenvalue weighted by Gasteiger charge is 2.29. The third-order valence-electron chi connectivity index (χ3n) is 5.18. The Hall–Kier alpha value is -3.75. The molecule has 0 radical (unpaired) electrons. The first-order valence-corrected chi connectivity index (χ1v) is 13.7. The van der Waals surface area contributed by atoms with Crippen molar-refractivity contribution < 1.29 is 17.9 Å². The van der Waals surface area contributed by atoms with Gasteiger partial charge in [-0.25, -0.2) is 8.42 Å². The Morgan fingerprint density at radius 2 is 1.44 bits per heavy atom. The summed E-state index contributed by atoms with van der Waals surface area (Å²) < 4.78 is 34.1. The third kappa shape index (κ3) is 6.08. The first-order valence-electron chi connectivity index (χ1n) is 11.4. The van der Waals surface area contributed by atoms with Gasteiger partial charge >= 0.3 is 0 Å². The van der Waals surface area contributed by atoms with Gasteiger partial charge in [-0.15, -0.1) is 0 Å². The number of nitrogens with zero attached hydrogens (tertiary/aromatic N) is 1. The number of carbonyl (C=O) groups is 1. The number of hydrogen-bond donors (Lipinski definition) is 1. The molecule has 0 spiro atoms. The molecule has 184 valence electrons. The molecule has 8 heteroatoms. The van der Waals surface area contributed by atoms with Crippen molar-refractivity contribution in [2.45, 2.75) is 21.6 Å². The van der Waals surface area contributed by atoms with E-state index in [1.165, 1.54) is 23.9 Å². The van der Waals surface area contributed by atoms with E-state index in [1.807, 2.05) is 55.5 Å². The predicted octanol–water partition coefficient (Wildman–Crippen LogP) is 6.07. The molecule has 0 aliphatic heterocycles. The fourth-order valence-corrected chi connectivity index (χ4v) is 5.93. The van der Waals surface area contributed by atoms with Crippen LogP contribution in [0.15, 0.2) is 124 Å². The van der Waals surface area contributed by atoms with Gasteiger partial charge in [0.25, 0.3) is 10.0 Å². The Kier molecular flexibility index (Phi) is 8.30. The van der Waals surface area contributed by atoms with Gasteiger partial charge in [-0.05, 0) is 55.5 Å². The zero-order valence-electron chi connectivity index (χ0n) is 19.7. The lowest BCUT2D eigenvalue weighted by Gasteiger charge is -2.26. The molecule has 4 rings (SSSR count). The largest absolute Gasteiger partial charge is 0.492 e. The molecule has 6 nitrogen and oxygen atoms in total. The van der Waals surface area contributed by atoms with E-state index in [4.69, 9.17) is 4.74 Å². The van der Waals surface area contributed by atoms with Crippen molar-refractivity contribution in [1.82, 2.24) is 0 Å². The van der Waals surface area contributed by atoms with Gasteiger partial charge in [-0.2, -0.15) is 0 Å². The molecular formula is C28H26N2O4S2. The van der Waals surface area contributed by atoms with Crippen LogP contribution in [0.5, 0.6) is 5.75 Å². The van der Waals surface area contributed by atoms with Crippen LogP contribution < -0.4 is 14.4 Å². The molecule has 4 aromatic carbocycles. The summed E-state index contributed by atoms with van der Waals surface area (Å²) in [5, 5.41) is 2.90. The quantitative estimate of drug-likeness (QED) is 0.276. The Morgan fingerprint density at radius 1 is 0.833 bits per heavy atom. The summed E-state index contributed by atoms with van der Waals surface area (Å²) in [5.74, 6) is -0.0886. The number of rotatable bonds is 10. The van der Waals surface area contributed by atoms with Gasteiger partial charge < -0.3 is 10.1 Å². The van der Waals surface area contributed by atoms with E-state index in [1.54, 1.807) is 48.5 Å². The monoisotopic (exact) mass is 518 g/mol. The first kappa shape index (κ1) is 25.3. The minimum absolute atomic E-state index is 0.0872. The van der Waals surface area contributed by atoms with Crippen molar-refractivity contribution in [3.8, 4) is 5.75 Å². The van der Waals surface area contributed by atoms with Crippen LogP contribution in [-0.2, 0) is 14.8 Å². The third-order valence-corrected chi connectivity index (χ3v) is 8.04. The summed E-state index contributed by atoms with van der Waals surface area (Å²) >= 11 is 1.52. The van der Waals surface area contributed by atoms with E-state index >= 15 is 0 Å². The van der Waals surface area contributed by atoms with Gasteiger partial charge in [-0.1, -0.05) is 72.4 Å². The number of carbonyl (C=O) groups excluding carboxylic acids is 1. The molecule has 0 unspecified atom stereocenters. The minimum atomic E-state index is -4.05. The van der Waals surface area contributed by atoms with Crippen molar-refractivity contribution >= 4 is 39.1 Å². The van der Waals surface area contributed by atoms with Gasteiger partial charge in [0.15, 0.2) is 0 Å². The Bertz CT molecular complexity index is 1410. The average molecular weight is 519 g/mol. The van der Waals surface area contributed by atoms with Crippen molar-refractivity contribution in [3.05, 3.63) is 109 Å². The summed E-state index contributed by atoms with van der Waals surface area (Å²) in [6.45, 7) is 1.75. The van der Waals surface area contributed by atoms with E-state index in [2.05, 4.69) is 5.32 Å². The van der Waals surface area contributed by atoms with Crippen LogP contribution in [0, 0.1) is 0 Å². The van der Waals surface area contributed by atoms with E-state index < -0.39 is 22.5 Å². The SMILES string of the molecule is CCOc1ccccc1N(CC(=O)Nc1ccccc1Sc1ccccc1)S(=O)(=O)c1ccccc1. The van der Waals surface area contributed by atoms with Gasteiger partial charge in [0.1, 0.15) is 12.3 Å². The molecule has 0 saturated heterocycles. The maximum atomic E-state index is 13.7. The molecule has 0 heterocycles. The smallest absolute Gasteiger partial charge is 0.264 e. The lowest BCUT2D eigenvalue weighted by atomic mass is 10.3. The summed E-state index contributed by atoms with van der Waals surface area (Å²) in [4.78, 5) is 15.2. The summed E-state index contributed by atoms with van der Waals surface area (Å²) in [6, 6.07) is 32.1. The number of benzene rings is 4. The number of nitrogens with one attached hydrogen (secondary N) is 1. The molecule has 0 atom stereocenters. The second-order valence-corrected chi connectivity index (χ2v) is 10.7. The minimum Gasteiger partial charge on any atom is -0.492 e. The van der Waals surface area contributed by atoms with Crippen molar-refractivity contribution in [2.24, 2.45) is 0 Å². The predicted molar refractivity (Wildman–Crippen MR) is 144 cm³/mol.